The number of carbonyl (C=O) groups is 1. The molecule has 1 heterocycles. The second-order valence-corrected chi connectivity index (χ2v) is 5.89. The predicted molar refractivity (Wildman–Crippen MR) is 72.5 cm³/mol. The van der Waals surface area contributed by atoms with Gasteiger partial charge < -0.3 is 4.90 Å². The summed E-state index contributed by atoms with van der Waals surface area (Å²) in [5.41, 5.74) is 1.69. The van der Waals surface area contributed by atoms with Gasteiger partial charge >= 0.3 is 0 Å². The maximum atomic E-state index is 12.3. The molecule has 4 nitrogen and oxygen atoms in total. The number of nitrogens with one attached hydrogen (secondary N) is 1. The second kappa shape index (κ2) is 4.44. The molecule has 0 unspecified atom stereocenters. The highest BCUT2D eigenvalue weighted by atomic mass is 16.2. The van der Waals surface area contributed by atoms with Gasteiger partial charge in [-0.05, 0) is 17.5 Å². The third kappa shape index (κ3) is 2.70. The summed E-state index contributed by atoms with van der Waals surface area (Å²) < 4.78 is 0. The summed E-state index contributed by atoms with van der Waals surface area (Å²) in [5.74, 6) is 0.0430. The largest absolute Gasteiger partial charge is 0.341 e. The normalized spacial score (nSPS) is 11.8. The molecular formula is C14H19N3O. The third-order valence-corrected chi connectivity index (χ3v) is 2.75. The zero-order valence-electron chi connectivity index (χ0n) is 11.3. The molecular weight excluding hydrogens is 226 g/mol. The summed E-state index contributed by atoms with van der Waals surface area (Å²) in [6.07, 6.45) is 1.75. The molecule has 0 aliphatic rings. The molecule has 0 spiro atoms. The van der Waals surface area contributed by atoms with Crippen molar-refractivity contribution in [2.75, 3.05) is 13.6 Å². The van der Waals surface area contributed by atoms with Crippen LogP contribution in [0.4, 0.5) is 0 Å². The van der Waals surface area contributed by atoms with Gasteiger partial charge in [-0.25, -0.2) is 0 Å². The summed E-state index contributed by atoms with van der Waals surface area (Å²) in [4.78, 5) is 14.0. The SMILES string of the molecule is CN(CC(C)(C)C)C(=O)c1ccc2cn[nH]c2c1. The topological polar surface area (TPSA) is 49.0 Å². The lowest BCUT2D eigenvalue weighted by Gasteiger charge is -2.26. The van der Waals surface area contributed by atoms with Crippen LogP contribution in [0, 0.1) is 5.41 Å². The Morgan fingerprint density at radius 2 is 2.11 bits per heavy atom. The minimum absolute atomic E-state index is 0.0430. The molecule has 96 valence electrons. The summed E-state index contributed by atoms with van der Waals surface area (Å²) >= 11 is 0. The van der Waals surface area contributed by atoms with Crippen molar-refractivity contribution in [2.45, 2.75) is 20.8 Å². The molecule has 0 aliphatic heterocycles. The Kier molecular flexibility index (Phi) is 3.11. The van der Waals surface area contributed by atoms with E-state index in [9.17, 15) is 4.79 Å². The zero-order valence-corrected chi connectivity index (χ0v) is 11.3. The fourth-order valence-corrected chi connectivity index (χ4v) is 2.07. The van der Waals surface area contributed by atoms with Gasteiger partial charge in [0.2, 0.25) is 0 Å². The smallest absolute Gasteiger partial charge is 0.253 e. The van der Waals surface area contributed by atoms with Crippen LogP contribution in [-0.4, -0.2) is 34.6 Å². The maximum Gasteiger partial charge on any atom is 0.253 e. The van der Waals surface area contributed by atoms with Crippen molar-refractivity contribution in [3.63, 3.8) is 0 Å². The van der Waals surface area contributed by atoms with Crippen molar-refractivity contribution in [3.05, 3.63) is 30.0 Å². The number of H-pyrrole nitrogens is 1. The molecule has 0 aliphatic carbocycles. The lowest BCUT2D eigenvalue weighted by molar-refractivity contribution is 0.0746. The number of aromatic nitrogens is 2. The van der Waals surface area contributed by atoms with E-state index in [0.717, 1.165) is 17.4 Å². The summed E-state index contributed by atoms with van der Waals surface area (Å²) in [6.45, 7) is 7.09. The minimum atomic E-state index is 0.0430. The Hall–Kier alpha value is -1.84. The number of benzene rings is 1. The van der Waals surface area contributed by atoms with Crippen molar-refractivity contribution in [2.24, 2.45) is 5.41 Å². The van der Waals surface area contributed by atoms with Gasteiger partial charge in [-0.15, -0.1) is 0 Å². The summed E-state index contributed by atoms with van der Waals surface area (Å²) in [6, 6.07) is 5.61. The van der Waals surface area contributed by atoms with E-state index in [2.05, 4.69) is 31.0 Å². The first-order chi connectivity index (χ1) is 8.37. The quantitative estimate of drug-likeness (QED) is 0.884. The molecule has 0 bridgehead atoms. The van der Waals surface area contributed by atoms with Crippen LogP contribution in [0.5, 0.6) is 0 Å². The average Bonchev–Trinajstić information content (AvgIpc) is 2.72. The highest BCUT2D eigenvalue weighted by Gasteiger charge is 2.19. The van der Waals surface area contributed by atoms with Crippen LogP contribution in [0.15, 0.2) is 24.4 Å². The summed E-state index contributed by atoms with van der Waals surface area (Å²) in [7, 11) is 1.84. The number of hydrogen-bond donors (Lipinski definition) is 1. The molecule has 0 saturated heterocycles. The van der Waals surface area contributed by atoms with Crippen molar-refractivity contribution in [1.82, 2.24) is 15.1 Å². The van der Waals surface area contributed by atoms with Gasteiger partial charge in [0.05, 0.1) is 11.7 Å². The Balaban J connectivity index is 2.22. The van der Waals surface area contributed by atoms with Gasteiger partial charge in [0.1, 0.15) is 0 Å². The minimum Gasteiger partial charge on any atom is -0.341 e. The molecule has 18 heavy (non-hydrogen) atoms. The number of hydrogen-bond acceptors (Lipinski definition) is 2. The van der Waals surface area contributed by atoms with E-state index in [0.29, 0.717) is 5.56 Å². The van der Waals surface area contributed by atoms with Crippen molar-refractivity contribution in [3.8, 4) is 0 Å². The molecule has 2 aromatic rings. The predicted octanol–water partition coefficient (Wildman–Crippen LogP) is 2.68. The van der Waals surface area contributed by atoms with Gasteiger partial charge in [0, 0.05) is 24.5 Å². The van der Waals surface area contributed by atoms with E-state index < -0.39 is 0 Å². The first kappa shape index (κ1) is 12.6. The molecule has 0 saturated carbocycles. The van der Waals surface area contributed by atoms with Crippen molar-refractivity contribution < 1.29 is 4.79 Å². The number of fused-ring (bicyclic) bond motifs is 1. The van der Waals surface area contributed by atoms with Crippen LogP contribution in [0.1, 0.15) is 31.1 Å². The van der Waals surface area contributed by atoms with Crippen LogP contribution >= 0.6 is 0 Å². The molecule has 1 amide bonds. The number of nitrogens with zero attached hydrogens (tertiary/aromatic N) is 2. The van der Waals surface area contributed by atoms with E-state index in [4.69, 9.17) is 0 Å². The van der Waals surface area contributed by atoms with Gasteiger partial charge in [-0.3, -0.25) is 9.89 Å². The number of carbonyl (C=O) groups excluding carboxylic acids is 1. The van der Waals surface area contributed by atoms with Gasteiger partial charge in [0.25, 0.3) is 5.91 Å². The Morgan fingerprint density at radius 3 is 2.78 bits per heavy atom. The summed E-state index contributed by atoms with van der Waals surface area (Å²) in [5, 5.41) is 7.86. The number of amides is 1. The lowest BCUT2D eigenvalue weighted by atomic mass is 9.96. The van der Waals surface area contributed by atoms with E-state index >= 15 is 0 Å². The monoisotopic (exact) mass is 245 g/mol. The van der Waals surface area contributed by atoms with Crippen molar-refractivity contribution >= 4 is 16.8 Å². The number of aromatic amines is 1. The second-order valence-electron chi connectivity index (χ2n) is 5.89. The maximum absolute atomic E-state index is 12.3. The first-order valence-corrected chi connectivity index (χ1v) is 6.05. The number of rotatable bonds is 2. The average molecular weight is 245 g/mol. The Bertz CT molecular complexity index is 566. The third-order valence-electron chi connectivity index (χ3n) is 2.75. The van der Waals surface area contributed by atoms with E-state index in [1.165, 1.54) is 0 Å². The fourth-order valence-electron chi connectivity index (χ4n) is 2.07. The fraction of sp³-hybridized carbons (Fsp3) is 0.429. The lowest BCUT2D eigenvalue weighted by Crippen LogP contribution is -2.34. The van der Waals surface area contributed by atoms with Crippen LogP contribution in [0.25, 0.3) is 10.9 Å². The van der Waals surface area contributed by atoms with Crippen molar-refractivity contribution in [1.29, 1.82) is 0 Å². The molecule has 0 fully saturated rings. The van der Waals surface area contributed by atoms with Gasteiger partial charge in [-0.2, -0.15) is 5.10 Å². The molecule has 4 heteroatoms. The highest BCUT2D eigenvalue weighted by molar-refractivity contribution is 5.97. The van der Waals surface area contributed by atoms with Crippen LogP contribution in [0.2, 0.25) is 0 Å². The molecule has 2 rings (SSSR count). The highest BCUT2D eigenvalue weighted by Crippen LogP contribution is 2.18. The van der Waals surface area contributed by atoms with Gasteiger partial charge in [-0.1, -0.05) is 26.8 Å². The molecule has 1 aromatic carbocycles. The molecule has 1 aromatic heterocycles. The van der Waals surface area contributed by atoms with E-state index in [1.54, 1.807) is 11.1 Å². The Morgan fingerprint density at radius 1 is 1.39 bits per heavy atom. The molecule has 1 N–H and O–H groups in total. The van der Waals surface area contributed by atoms with Crippen LogP contribution in [0.3, 0.4) is 0 Å². The molecule has 0 radical (unpaired) electrons. The van der Waals surface area contributed by atoms with Crippen LogP contribution in [-0.2, 0) is 0 Å². The zero-order chi connectivity index (χ0) is 13.3. The molecule has 0 atom stereocenters. The van der Waals surface area contributed by atoms with E-state index in [1.807, 2.05) is 25.2 Å². The standard InChI is InChI=1S/C14H19N3O/c1-14(2,3)9-17(4)13(18)10-5-6-11-8-15-16-12(11)7-10/h5-8H,9H2,1-4H3,(H,15,16). The van der Waals surface area contributed by atoms with Crippen LogP contribution < -0.4 is 0 Å². The Labute approximate surface area is 107 Å². The first-order valence-electron chi connectivity index (χ1n) is 6.05. The van der Waals surface area contributed by atoms with E-state index in [-0.39, 0.29) is 11.3 Å². The van der Waals surface area contributed by atoms with Gasteiger partial charge in [0.15, 0.2) is 0 Å².